The molecular weight excluding hydrogens is 503 g/mol. The molecular formula is C22H16ClIN2O3. The molecule has 0 bridgehead atoms. The summed E-state index contributed by atoms with van der Waals surface area (Å²) in [5.74, 6) is 0.963. The minimum Gasteiger partial charge on any atom is -0.494 e. The first-order valence-electron chi connectivity index (χ1n) is 8.93. The molecule has 146 valence electrons. The first-order chi connectivity index (χ1) is 14.0. The van der Waals surface area contributed by atoms with E-state index in [1.54, 1.807) is 42.5 Å². The van der Waals surface area contributed by atoms with Crippen LogP contribution in [0.2, 0.25) is 5.02 Å². The molecule has 7 heteroatoms. The van der Waals surface area contributed by atoms with Gasteiger partial charge in [-0.15, -0.1) is 0 Å². The fraction of sp³-hybridized carbons (Fsp3) is 0.0909. The summed E-state index contributed by atoms with van der Waals surface area (Å²) in [5.41, 5.74) is 3.16. The number of carbonyl (C=O) groups excluding carboxylic acids is 1. The fourth-order valence-corrected chi connectivity index (χ4v) is 3.54. The summed E-state index contributed by atoms with van der Waals surface area (Å²) in [7, 11) is 0. The molecule has 0 saturated carbocycles. The topological polar surface area (TPSA) is 64.4 Å². The van der Waals surface area contributed by atoms with Crippen molar-refractivity contribution >= 4 is 56.9 Å². The van der Waals surface area contributed by atoms with Crippen LogP contribution in [-0.2, 0) is 0 Å². The maximum Gasteiger partial charge on any atom is 0.255 e. The fourth-order valence-electron chi connectivity index (χ4n) is 2.85. The van der Waals surface area contributed by atoms with Crippen molar-refractivity contribution in [3.63, 3.8) is 0 Å². The number of amides is 1. The van der Waals surface area contributed by atoms with E-state index in [2.05, 4.69) is 32.9 Å². The summed E-state index contributed by atoms with van der Waals surface area (Å²) >= 11 is 8.50. The molecule has 0 aliphatic carbocycles. The van der Waals surface area contributed by atoms with E-state index in [-0.39, 0.29) is 5.91 Å². The zero-order valence-electron chi connectivity index (χ0n) is 15.4. The van der Waals surface area contributed by atoms with Gasteiger partial charge in [-0.2, -0.15) is 0 Å². The number of nitrogens with one attached hydrogen (secondary N) is 1. The van der Waals surface area contributed by atoms with E-state index in [9.17, 15) is 4.79 Å². The molecule has 0 unspecified atom stereocenters. The highest BCUT2D eigenvalue weighted by Crippen LogP contribution is 2.32. The number of nitrogens with zero attached hydrogens (tertiary/aromatic N) is 1. The summed E-state index contributed by atoms with van der Waals surface area (Å²) in [6.07, 6.45) is 0. The number of aromatic nitrogens is 1. The standard InChI is InChI=1S/C22H16ClIN2O3/c1-2-28-16-7-3-13(4-8-16)21(27)25-15-6-10-20-19(12-15)26-22(29-20)17-11-14(24)5-9-18(17)23/h3-12H,2H2,1H3,(H,25,27). The Labute approximate surface area is 186 Å². The van der Waals surface area contributed by atoms with Crippen LogP contribution in [-0.4, -0.2) is 17.5 Å². The summed E-state index contributed by atoms with van der Waals surface area (Å²) in [6.45, 7) is 2.50. The van der Waals surface area contributed by atoms with Crippen molar-refractivity contribution in [2.24, 2.45) is 0 Å². The lowest BCUT2D eigenvalue weighted by Gasteiger charge is -2.06. The van der Waals surface area contributed by atoms with Gasteiger partial charge in [-0.25, -0.2) is 4.98 Å². The molecule has 1 aromatic heterocycles. The molecule has 3 aromatic carbocycles. The number of halogens is 2. The minimum absolute atomic E-state index is 0.211. The van der Waals surface area contributed by atoms with E-state index >= 15 is 0 Å². The Morgan fingerprint density at radius 3 is 2.69 bits per heavy atom. The molecule has 5 nitrogen and oxygen atoms in total. The smallest absolute Gasteiger partial charge is 0.255 e. The Balaban J connectivity index is 1.57. The van der Waals surface area contributed by atoms with Crippen molar-refractivity contribution < 1.29 is 13.9 Å². The molecule has 1 N–H and O–H groups in total. The van der Waals surface area contributed by atoms with Crippen molar-refractivity contribution in [2.75, 3.05) is 11.9 Å². The van der Waals surface area contributed by atoms with Gasteiger partial charge >= 0.3 is 0 Å². The van der Waals surface area contributed by atoms with E-state index in [4.69, 9.17) is 20.8 Å². The van der Waals surface area contributed by atoms with Crippen molar-refractivity contribution in [1.82, 2.24) is 4.98 Å². The Morgan fingerprint density at radius 2 is 1.93 bits per heavy atom. The monoisotopic (exact) mass is 518 g/mol. The van der Waals surface area contributed by atoms with E-state index in [1.807, 2.05) is 25.1 Å². The summed E-state index contributed by atoms with van der Waals surface area (Å²) in [6, 6.07) is 18.0. The quantitative estimate of drug-likeness (QED) is 0.310. The van der Waals surface area contributed by atoms with Crippen molar-refractivity contribution in [2.45, 2.75) is 6.92 Å². The number of hydrogen-bond donors (Lipinski definition) is 1. The normalized spacial score (nSPS) is 10.9. The van der Waals surface area contributed by atoms with E-state index in [0.29, 0.717) is 39.9 Å². The van der Waals surface area contributed by atoms with E-state index in [0.717, 1.165) is 14.9 Å². The van der Waals surface area contributed by atoms with Crippen LogP contribution in [0.4, 0.5) is 5.69 Å². The van der Waals surface area contributed by atoms with Gasteiger partial charge in [-0.3, -0.25) is 4.79 Å². The van der Waals surface area contributed by atoms with Gasteiger partial charge < -0.3 is 14.5 Å². The molecule has 4 rings (SSSR count). The highest BCUT2D eigenvalue weighted by atomic mass is 127. The predicted molar refractivity (Wildman–Crippen MR) is 123 cm³/mol. The molecule has 0 aliphatic rings. The van der Waals surface area contributed by atoms with E-state index in [1.165, 1.54) is 0 Å². The lowest BCUT2D eigenvalue weighted by atomic mass is 10.2. The molecule has 0 spiro atoms. The highest BCUT2D eigenvalue weighted by molar-refractivity contribution is 14.1. The molecule has 1 amide bonds. The van der Waals surface area contributed by atoms with Gasteiger partial charge in [0.2, 0.25) is 5.89 Å². The Kier molecular flexibility index (Phi) is 5.73. The van der Waals surface area contributed by atoms with E-state index < -0.39 is 0 Å². The van der Waals surface area contributed by atoms with Crippen LogP contribution in [0.25, 0.3) is 22.6 Å². The van der Waals surface area contributed by atoms with Gasteiger partial charge in [0.25, 0.3) is 5.91 Å². The second kappa shape index (κ2) is 8.42. The van der Waals surface area contributed by atoms with Crippen LogP contribution < -0.4 is 10.1 Å². The predicted octanol–water partition coefficient (Wildman–Crippen LogP) is 6.40. The third-order valence-electron chi connectivity index (χ3n) is 4.23. The zero-order valence-corrected chi connectivity index (χ0v) is 18.3. The average molecular weight is 519 g/mol. The molecule has 0 atom stereocenters. The van der Waals surface area contributed by atoms with Crippen LogP contribution >= 0.6 is 34.2 Å². The number of benzene rings is 3. The number of fused-ring (bicyclic) bond motifs is 1. The van der Waals surface area contributed by atoms with Gasteiger partial charge in [-0.05, 0) is 90.2 Å². The summed E-state index contributed by atoms with van der Waals surface area (Å²) < 4.78 is 12.3. The van der Waals surface area contributed by atoms with Crippen LogP contribution in [0.1, 0.15) is 17.3 Å². The molecule has 0 aliphatic heterocycles. The Morgan fingerprint density at radius 1 is 1.14 bits per heavy atom. The number of oxazole rings is 1. The van der Waals surface area contributed by atoms with Crippen LogP contribution in [0, 0.1) is 3.57 Å². The molecule has 0 radical (unpaired) electrons. The SMILES string of the molecule is CCOc1ccc(C(=O)Nc2ccc3oc(-c4cc(I)ccc4Cl)nc3c2)cc1. The van der Waals surface area contributed by atoms with Gasteiger partial charge in [0.1, 0.15) is 11.3 Å². The van der Waals surface area contributed by atoms with Crippen LogP contribution in [0.3, 0.4) is 0 Å². The van der Waals surface area contributed by atoms with Gasteiger partial charge in [0.05, 0.1) is 17.2 Å². The lowest BCUT2D eigenvalue weighted by Crippen LogP contribution is -2.11. The number of carbonyl (C=O) groups is 1. The van der Waals surface area contributed by atoms with Crippen molar-refractivity contribution in [1.29, 1.82) is 0 Å². The summed E-state index contributed by atoms with van der Waals surface area (Å²) in [4.78, 5) is 17.0. The van der Waals surface area contributed by atoms with Crippen molar-refractivity contribution in [3.05, 3.63) is 74.8 Å². The number of ether oxygens (including phenoxy) is 1. The number of rotatable bonds is 5. The number of anilines is 1. The molecule has 0 saturated heterocycles. The maximum absolute atomic E-state index is 12.5. The van der Waals surface area contributed by atoms with Gasteiger partial charge in [-0.1, -0.05) is 11.6 Å². The van der Waals surface area contributed by atoms with Crippen LogP contribution in [0.15, 0.2) is 65.1 Å². The highest BCUT2D eigenvalue weighted by Gasteiger charge is 2.13. The lowest BCUT2D eigenvalue weighted by molar-refractivity contribution is 0.102. The minimum atomic E-state index is -0.211. The maximum atomic E-state index is 12.5. The van der Waals surface area contributed by atoms with Gasteiger partial charge in [0.15, 0.2) is 5.58 Å². The second-order valence-electron chi connectivity index (χ2n) is 6.24. The zero-order chi connectivity index (χ0) is 20.4. The molecule has 29 heavy (non-hydrogen) atoms. The molecule has 1 heterocycles. The first-order valence-corrected chi connectivity index (χ1v) is 10.4. The third kappa shape index (κ3) is 4.38. The second-order valence-corrected chi connectivity index (χ2v) is 7.89. The van der Waals surface area contributed by atoms with Crippen molar-refractivity contribution in [3.8, 4) is 17.2 Å². The molecule has 4 aromatic rings. The van der Waals surface area contributed by atoms with Gasteiger partial charge in [0, 0.05) is 14.8 Å². The molecule has 0 fully saturated rings. The largest absolute Gasteiger partial charge is 0.494 e. The Hall–Kier alpha value is -2.58. The third-order valence-corrected chi connectivity index (χ3v) is 5.23. The summed E-state index contributed by atoms with van der Waals surface area (Å²) in [5, 5.41) is 3.45. The average Bonchev–Trinajstić information content (AvgIpc) is 3.13. The number of hydrogen-bond acceptors (Lipinski definition) is 4. The first kappa shape index (κ1) is 19.7. The van der Waals surface area contributed by atoms with Crippen LogP contribution in [0.5, 0.6) is 5.75 Å². The Bertz CT molecular complexity index is 1190.